The van der Waals surface area contributed by atoms with Crippen LogP contribution in [-0.2, 0) is 16.0 Å². The fourth-order valence-corrected chi connectivity index (χ4v) is 2.99. The molecule has 118 valence electrons. The first kappa shape index (κ1) is 14.4. The highest BCUT2D eigenvalue weighted by Crippen LogP contribution is 2.28. The number of benzene rings is 2. The van der Waals surface area contributed by atoms with Crippen LogP contribution < -0.4 is 10.2 Å². The maximum atomic E-state index is 12.3. The van der Waals surface area contributed by atoms with E-state index >= 15 is 0 Å². The third-order valence-electron chi connectivity index (χ3n) is 4.11. The molecule has 0 radical (unpaired) electrons. The van der Waals surface area contributed by atoms with Crippen molar-refractivity contribution < 1.29 is 9.59 Å². The Balaban J connectivity index is 1.51. The minimum absolute atomic E-state index is 0.0148. The van der Waals surface area contributed by atoms with E-state index in [0.717, 1.165) is 22.2 Å². The lowest BCUT2D eigenvalue weighted by Gasteiger charge is -2.17. The Kier molecular flexibility index (Phi) is 3.46. The molecule has 0 fully saturated rings. The fourth-order valence-electron chi connectivity index (χ4n) is 2.99. The van der Waals surface area contributed by atoms with E-state index in [2.05, 4.69) is 10.3 Å². The standard InChI is InChI=1S/C19H15N3O2/c23-18(12-22-17-6-2-1-4-14(17)11-19(22)24)21-15-7-8-16-13(10-15)5-3-9-20-16/h1-10H,11-12H2,(H,21,23). The smallest absolute Gasteiger partial charge is 0.244 e. The minimum Gasteiger partial charge on any atom is -0.325 e. The first-order valence-corrected chi connectivity index (χ1v) is 7.73. The van der Waals surface area contributed by atoms with E-state index in [0.29, 0.717) is 12.1 Å². The van der Waals surface area contributed by atoms with Gasteiger partial charge in [-0.15, -0.1) is 0 Å². The summed E-state index contributed by atoms with van der Waals surface area (Å²) in [4.78, 5) is 30.3. The van der Waals surface area contributed by atoms with E-state index in [1.165, 1.54) is 4.90 Å². The number of hydrogen-bond acceptors (Lipinski definition) is 3. The summed E-state index contributed by atoms with van der Waals surface area (Å²) in [6, 6.07) is 16.9. The van der Waals surface area contributed by atoms with Gasteiger partial charge in [-0.25, -0.2) is 0 Å². The molecule has 2 heterocycles. The van der Waals surface area contributed by atoms with Crippen molar-refractivity contribution in [3.63, 3.8) is 0 Å². The van der Waals surface area contributed by atoms with Crippen LogP contribution in [0.3, 0.4) is 0 Å². The van der Waals surface area contributed by atoms with Gasteiger partial charge in [0.05, 0.1) is 11.9 Å². The monoisotopic (exact) mass is 317 g/mol. The van der Waals surface area contributed by atoms with Crippen LogP contribution in [0.1, 0.15) is 5.56 Å². The summed E-state index contributed by atoms with van der Waals surface area (Å²) in [6.45, 7) is 0.0148. The highest BCUT2D eigenvalue weighted by Gasteiger charge is 2.28. The average Bonchev–Trinajstić information content (AvgIpc) is 2.90. The van der Waals surface area contributed by atoms with Crippen LogP contribution in [0, 0.1) is 0 Å². The fraction of sp³-hybridized carbons (Fsp3) is 0.105. The molecule has 1 aromatic heterocycles. The molecule has 1 aliphatic rings. The number of fused-ring (bicyclic) bond motifs is 2. The van der Waals surface area contributed by atoms with E-state index in [9.17, 15) is 9.59 Å². The highest BCUT2D eigenvalue weighted by molar-refractivity contribution is 6.07. The van der Waals surface area contributed by atoms with Crippen molar-refractivity contribution in [2.45, 2.75) is 6.42 Å². The van der Waals surface area contributed by atoms with Crippen molar-refractivity contribution in [1.29, 1.82) is 0 Å². The third-order valence-corrected chi connectivity index (χ3v) is 4.11. The summed E-state index contributed by atoms with van der Waals surface area (Å²) < 4.78 is 0. The number of carbonyl (C=O) groups is 2. The van der Waals surface area contributed by atoms with E-state index in [-0.39, 0.29) is 18.4 Å². The average molecular weight is 317 g/mol. The number of nitrogens with zero attached hydrogens (tertiary/aromatic N) is 2. The van der Waals surface area contributed by atoms with Crippen molar-refractivity contribution >= 4 is 34.1 Å². The number of rotatable bonds is 3. The molecule has 4 rings (SSSR count). The summed E-state index contributed by atoms with van der Waals surface area (Å²) in [5.41, 5.74) is 3.35. The highest BCUT2D eigenvalue weighted by atomic mass is 16.2. The molecule has 2 aromatic carbocycles. The maximum absolute atomic E-state index is 12.3. The van der Waals surface area contributed by atoms with E-state index in [1.54, 1.807) is 6.20 Å². The van der Waals surface area contributed by atoms with Crippen LogP contribution in [0.2, 0.25) is 0 Å². The molecule has 5 heteroatoms. The lowest BCUT2D eigenvalue weighted by molar-refractivity contribution is -0.120. The molecule has 0 spiro atoms. The van der Waals surface area contributed by atoms with Crippen LogP contribution in [0.5, 0.6) is 0 Å². The van der Waals surface area contributed by atoms with Gasteiger partial charge in [0.2, 0.25) is 11.8 Å². The molecule has 0 bridgehead atoms. The van der Waals surface area contributed by atoms with E-state index in [1.807, 2.05) is 54.6 Å². The van der Waals surface area contributed by atoms with Crippen molar-refractivity contribution in [3.05, 3.63) is 66.4 Å². The Hall–Kier alpha value is -3.21. The predicted molar refractivity (Wildman–Crippen MR) is 92.9 cm³/mol. The molecule has 5 nitrogen and oxygen atoms in total. The van der Waals surface area contributed by atoms with Crippen LogP contribution in [0.25, 0.3) is 10.9 Å². The zero-order valence-corrected chi connectivity index (χ0v) is 12.9. The summed E-state index contributed by atoms with van der Waals surface area (Å²) in [6.07, 6.45) is 2.09. The van der Waals surface area contributed by atoms with Crippen molar-refractivity contribution in [1.82, 2.24) is 4.98 Å². The first-order valence-electron chi connectivity index (χ1n) is 7.73. The van der Waals surface area contributed by atoms with E-state index in [4.69, 9.17) is 0 Å². The minimum atomic E-state index is -0.219. The number of anilines is 2. The molecule has 0 saturated heterocycles. The molecule has 0 saturated carbocycles. The lowest BCUT2D eigenvalue weighted by Crippen LogP contribution is -2.35. The summed E-state index contributed by atoms with van der Waals surface area (Å²) in [5, 5.41) is 3.81. The molecular formula is C19H15N3O2. The summed E-state index contributed by atoms with van der Waals surface area (Å²) in [5.74, 6) is -0.266. The number of pyridine rings is 1. The SMILES string of the molecule is O=C(CN1C(=O)Cc2ccccc21)Nc1ccc2ncccc2c1. The zero-order chi connectivity index (χ0) is 16.5. The molecule has 1 N–H and O–H groups in total. The molecule has 2 amide bonds. The Bertz CT molecular complexity index is 952. The Labute approximate surface area is 138 Å². The lowest BCUT2D eigenvalue weighted by atomic mass is 10.2. The van der Waals surface area contributed by atoms with Gasteiger partial charge in [-0.1, -0.05) is 24.3 Å². The van der Waals surface area contributed by atoms with Gasteiger partial charge in [0.15, 0.2) is 0 Å². The van der Waals surface area contributed by atoms with Crippen molar-refractivity contribution in [2.75, 3.05) is 16.8 Å². The van der Waals surface area contributed by atoms with Crippen LogP contribution in [-0.4, -0.2) is 23.3 Å². The normalized spacial score (nSPS) is 13.2. The van der Waals surface area contributed by atoms with Crippen molar-refractivity contribution in [2.24, 2.45) is 0 Å². The van der Waals surface area contributed by atoms with Crippen LogP contribution in [0.4, 0.5) is 11.4 Å². The second-order valence-electron chi connectivity index (χ2n) is 5.74. The Morgan fingerprint density at radius 1 is 1.12 bits per heavy atom. The van der Waals surface area contributed by atoms with Gasteiger partial charge in [0.25, 0.3) is 0 Å². The van der Waals surface area contributed by atoms with Gasteiger partial charge in [-0.05, 0) is 35.9 Å². The molecule has 3 aromatic rings. The largest absolute Gasteiger partial charge is 0.325 e. The zero-order valence-electron chi connectivity index (χ0n) is 12.9. The summed E-state index contributed by atoms with van der Waals surface area (Å²) in [7, 11) is 0. The maximum Gasteiger partial charge on any atom is 0.244 e. The topological polar surface area (TPSA) is 62.3 Å². The number of amides is 2. The van der Waals surface area contributed by atoms with Gasteiger partial charge in [0, 0.05) is 23.0 Å². The summed E-state index contributed by atoms with van der Waals surface area (Å²) >= 11 is 0. The van der Waals surface area contributed by atoms with Gasteiger partial charge in [0.1, 0.15) is 6.54 Å². The second kappa shape index (κ2) is 5.77. The van der Waals surface area contributed by atoms with E-state index < -0.39 is 0 Å². The number of hydrogen-bond donors (Lipinski definition) is 1. The quantitative estimate of drug-likeness (QED) is 0.808. The first-order chi connectivity index (χ1) is 11.7. The number of aromatic nitrogens is 1. The molecule has 0 aliphatic carbocycles. The van der Waals surface area contributed by atoms with Gasteiger partial charge in [-0.3, -0.25) is 14.6 Å². The Morgan fingerprint density at radius 2 is 2.00 bits per heavy atom. The molecule has 0 unspecified atom stereocenters. The van der Waals surface area contributed by atoms with Crippen LogP contribution >= 0.6 is 0 Å². The second-order valence-corrected chi connectivity index (χ2v) is 5.74. The number of nitrogens with one attached hydrogen (secondary N) is 1. The van der Waals surface area contributed by atoms with Crippen LogP contribution in [0.15, 0.2) is 60.8 Å². The van der Waals surface area contributed by atoms with Gasteiger partial charge in [-0.2, -0.15) is 0 Å². The number of para-hydroxylation sites is 1. The molecule has 0 atom stereocenters. The molecule has 1 aliphatic heterocycles. The number of carbonyl (C=O) groups excluding carboxylic acids is 2. The third kappa shape index (κ3) is 2.60. The Morgan fingerprint density at radius 3 is 2.92 bits per heavy atom. The molecule has 24 heavy (non-hydrogen) atoms. The molecular weight excluding hydrogens is 302 g/mol. The van der Waals surface area contributed by atoms with Gasteiger partial charge >= 0.3 is 0 Å². The van der Waals surface area contributed by atoms with Gasteiger partial charge < -0.3 is 10.2 Å². The predicted octanol–water partition coefficient (Wildman–Crippen LogP) is 2.76. The van der Waals surface area contributed by atoms with Crippen molar-refractivity contribution in [3.8, 4) is 0 Å².